The third-order valence-electron chi connectivity index (χ3n) is 4.60. The third-order valence-corrected chi connectivity index (χ3v) is 5.67. The molecule has 7 heteroatoms. The minimum atomic E-state index is -0.482. The van der Waals surface area contributed by atoms with E-state index in [9.17, 15) is 19.3 Å². The van der Waals surface area contributed by atoms with Crippen molar-refractivity contribution in [1.82, 2.24) is 4.90 Å². The smallest absolute Gasteiger partial charge is 0.284 e. The fraction of sp³-hybridized carbons (Fsp3) is 0.350. The van der Waals surface area contributed by atoms with Crippen LogP contribution in [0.15, 0.2) is 52.3 Å². The topological polar surface area (TPSA) is 63.5 Å². The summed E-state index contributed by atoms with van der Waals surface area (Å²) >= 11 is 1.17. The van der Waals surface area contributed by atoms with Crippen molar-refractivity contribution in [3.8, 4) is 0 Å². The minimum Gasteiger partial charge on any atom is -0.338 e. The first kappa shape index (κ1) is 19.4. The number of nitro benzene ring substituents is 1. The average molecular weight is 388 g/mol. The lowest BCUT2D eigenvalue weighted by atomic mass is 9.91. The summed E-state index contributed by atoms with van der Waals surface area (Å²) in [6.45, 7) is 5.56. The lowest BCUT2D eigenvalue weighted by Crippen LogP contribution is -2.42. The Kier molecular flexibility index (Phi) is 5.79. The van der Waals surface area contributed by atoms with Crippen molar-refractivity contribution in [3.63, 3.8) is 0 Å². The van der Waals surface area contributed by atoms with Gasteiger partial charge in [-0.2, -0.15) is 0 Å². The molecule has 2 aromatic rings. The molecule has 1 fully saturated rings. The van der Waals surface area contributed by atoms with E-state index in [0.717, 1.165) is 6.42 Å². The van der Waals surface area contributed by atoms with E-state index in [4.69, 9.17) is 0 Å². The van der Waals surface area contributed by atoms with E-state index in [1.54, 1.807) is 29.2 Å². The first-order valence-corrected chi connectivity index (χ1v) is 9.66. The first-order chi connectivity index (χ1) is 12.8. The van der Waals surface area contributed by atoms with Crippen LogP contribution in [0.5, 0.6) is 0 Å². The zero-order valence-corrected chi connectivity index (χ0v) is 16.0. The van der Waals surface area contributed by atoms with E-state index in [-0.39, 0.29) is 17.4 Å². The number of carbonyl (C=O) groups is 1. The molecule has 5 nitrogen and oxygen atoms in total. The van der Waals surface area contributed by atoms with Crippen LogP contribution in [0.1, 0.15) is 30.6 Å². The second-order valence-corrected chi connectivity index (χ2v) is 8.27. The molecule has 142 valence electrons. The van der Waals surface area contributed by atoms with Crippen LogP contribution < -0.4 is 0 Å². The van der Waals surface area contributed by atoms with Crippen LogP contribution in [0, 0.1) is 27.8 Å². The molecule has 0 unspecified atom stereocenters. The van der Waals surface area contributed by atoms with Crippen LogP contribution in [-0.4, -0.2) is 28.8 Å². The lowest BCUT2D eigenvalue weighted by Gasteiger charge is -2.35. The summed E-state index contributed by atoms with van der Waals surface area (Å²) in [7, 11) is 0. The summed E-state index contributed by atoms with van der Waals surface area (Å²) in [5.74, 6) is 0.302. The maximum absolute atomic E-state index is 13.0. The second kappa shape index (κ2) is 8.08. The highest BCUT2D eigenvalue weighted by Crippen LogP contribution is 2.36. The Hall–Kier alpha value is -2.41. The van der Waals surface area contributed by atoms with Crippen molar-refractivity contribution < 1.29 is 14.1 Å². The molecule has 1 amide bonds. The SMILES string of the molecule is C[C@@H]1C[C@H](C)CN(C(=O)c2ccc(Sc3ccc(F)cc3)c([N+](=O)[O-])c2)C1. The molecule has 2 atom stereocenters. The number of hydrogen-bond donors (Lipinski definition) is 0. The Morgan fingerprint density at radius 1 is 1.15 bits per heavy atom. The normalized spacial score (nSPS) is 19.7. The number of amides is 1. The van der Waals surface area contributed by atoms with Crippen molar-refractivity contribution in [2.75, 3.05) is 13.1 Å². The van der Waals surface area contributed by atoms with Gasteiger partial charge < -0.3 is 4.90 Å². The molecular formula is C20H21FN2O3S. The summed E-state index contributed by atoms with van der Waals surface area (Å²) in [6.07, 6.45) is 1.08. The third kappa shape index (κ3) is 4.66. The molecule has 1 heterocycles. The second-order valence-electron chi connectivity index (χ2n) is 7.15. The zero-order chi connectivity index (χ0) is 19.6. The molecule has 0 saturated carbocycles. The largest absolute Gasteiger partial charge is 0.338 e. The standard InChI is InChI=1S/C20H21FN2O3S/c1-13-9-14(2)12-22(11-13)20(24)15-3-8-19(18(10-15)23(25)26)27-17-6-4-16(21)5-7-17/h3-8,10,13-14H,9,11-12H2,1-2H3/t13-,14+. The Balaban J connectivity index is 1.85. The number of rotatable bonds is 4. The molecule has 3 rings (SSSR count). The molecule has 27 heavy (non-hydrogen) atoms. The first-order valence-electron chi connectivity index (χ1n) is 8.84. The zero-order valence-electron chi connectivity index (χ0n) is 15.2. The van der Waals surface area contributed by atoms with Crippen molar-refractivity contribution in [3.05, 3.63) is 64.0 Å². The average Bonchev–Trinajstić information content (AvgIpc) is 2.62. The molecule has 0 aliphatic carbocycles. The molecule has 1 aliphatic heterocycles. The van der Waals surface area contributed by atoms with Crippen LogP contribution >= 0.6 is 11.8 Å². The maximum atomic E-state index is 13.0. The van der Waals surface area contributed by atoms with Gasteiger partial charge in [0.05, 0.1) is 9.82 Å². The quantitative estimate of drug-likeness (QED) is 0.546. The van der Waals surface area contributed by atoms with E-state index in [2.05, 4.69) is 13.8 Å². The van der Waals surface area contributed by atoms with E-state index < -0.39 is 4.92 Å². The number of carbonyl (C=O) groups excluding carboxylic acids is 1. The van der Waals surface area contributed by atoms with Crippen molar-refractivity contribution in [1.29, 1.82) is 0 Å². The van der Waals surface area contributed by atoms with Gasteiger partial charge in [0.25, 0.3) is 11.6 Å². The van der Waals surface area contributed by atoms with Gasteiger partial charge in [-0.15, -0.1) is 0 Å². The fourth-order valence-electron chi connectivity index (χ4n) is 3.52. The van der Waals surface area contributed by atoms with Gasteiger partial charge in [-0.1, -0.05) is 25.6 Å². The van der Waals surface area contributed by atoms with Crippen LogP contribution in [-0.2, 0) is 0 Å². The molecule has 0 bridgehead atoms. The summed E-state index contributed by atoms with van der Waals surface area (Å²) in [5, 5.41) is 11.5. The van der Waals surface area contributed by atoms with Crippen LogP contribution in [0.25, 0.3) is 0 Å². The number of piperidine rings is 1. The molecule has 1 saturated heterocycles. The van der Waals surface area contributed by atoms with Gasteiger partial charge in [0.2, 0.25) is 0 Å². The Bertz CT molecular complexity index is 847. The highest BCUT2D eigenvalue weighted by Gasteiger charge is 2.27. The minimum absolute atomic E-state index is 0.117. The highest BCUT2D eigenvalue weighted by molar-refractivity contribution is 7.99. The van der Waals surface area contributed by atoms with E-state index >= 15 is 0 Å². The molecule has 0 N–H and O–H groups in total. The number of benzene rings is 2. The van der Waals surface area contributed by atoms with Gasteiger partial charge in [-0.3, -0.25) is 14.9 Å². The van der Waals surface area contributed by atoms with E-state index in [0.29, 0.717) is 40.3 Å². The number of likely N-dealkylation sites (tertiary alicyclic amines) is 1. The Morgan fingerprint density at radius 3 is 2.37 bits per heavy atom. The number of halogens is 1. The van der Waals surface area contributed by atoms with Gasteiger partial charge in [0.15, 0.2) is 0 Å². The van der Waals surface area contributed by atoms with Gasteiger partial charge in [-0.25, -0.2) is 4.39 Å². The van der Waals surface area contributed by atoms with Crippen molar-refractivity contribution in [2.45, 2.75) is 30.1 Å². The Morgan fingerprint density at radius 2 is 1.78 bits per heavy atom. The van der Waals surface area contributed by atoms with Crippen LogP contribution in [0.4, 0.5) is 10.1 Å². The number of nitrogens with zero attached hydrogens (tertiary/aromatic N) is 2. The highest BCUT2D eigenvalue weighted by atomic mass is 32.2. The fourth-order valence-corrected chi connectivity index (χ4v) is 4.42. The predicted octanol–water partition coefficient (Wildman–Crippen LogP) is 5.00. The van der Waals surface area contributed by atoms with Gasteiger partial charge in [0, 0.05) is 29.6 Å². The van der Waals surface area contributed by atoms with Gasteiger partial charge in [-0.05, 0) is 54.7 Å². The Labute approximate surface area is 161 Å². The number of nitro groups is 1. The van der Waals surface area contributed by atoms with Crippen molar-refractivity contribution in [2.24, 2.45) is 11.8 Å². The lowest BCUT2D eigenvalue weighted by molar-refractivity contribution is -0.387. The summed E-state index contributed by atoms with van der Waals surface area (Å²) < 4.78 is 13.0. The predicted molar refractivity (Wildman–Crippen MR) is 102 cm³/mol. The number of hydrogen-bond acceptors (Lipinski definition) is 4. The summed E-state index contributed by atoms with van der Waals surface area (Å²) in [4.78, 5) is 26.8. The molecule has 0 spiro atoms. The van der Waals surface area contributed by atoms with Gasteiger partial charge in [0.1, 0.15) is 5.82 Å². The summed E-state index contributed by atoms with van der Waals surface area (Å²) in [6, 6.07) is 10.3. The summed E-state index contributed by atoms with van der Waals surface area (Å²) in [5.41, 5.74) is 0.208. The van der Waals surface area contributed by atoms with Crippen LogP contribution in [0.3, 0.4) is 0 Å². The van der Waals surface area contributed by atoms with E-state index in [1.165, 1.54) is 30.0 Å². The van der Waals surface area contributed by atoms with Gasteiger partial charge >= 0.3 is 0 Å². The molecule has 2 aromatic carbocycles. The molecule has 0 aromatic heterocycles. The molecule has 1 aliphatic rings. The van der Waals surface area contributed by atoms with Crippen LogP contribution in [0.2, 0.25) is 0 Å². The molecule has 0 radical (unpaired) electrons. The molecular weight excluding hydrogens is 367 g/mol. The van der Waals surface area contributed by atoms with Crippen molar-refractivity contribution >= 4 is 23.4 Å². The monoisotopic (exact) mass is 388 g/mol. The maximum Gasteiger partial charge on any atom is 0.284 e. The van der Waals surface area contributed by atoms with E-state index in [1.807, 2.05) is 0 Å².